The first-order valence-electron chi connectivity index (χ1n) is 6.38. The Hall–Kier alpha value is -1.51. The molecule has 0 saturated carbocycles. The van der Waals surface area contributed by atoms with Crippen molar-refractivity contribution < 1.29 is 14.3 Å². The van der Waals surface area contributed by atoms with Gasteiger partial charge in [0.15, 0.2) is 6.61 Å². The van der Waals surface area contributed by atoms with E-state index in [9.17, 15) is 9.59 Å². The van der Waals surface area contributed by atoms with Crippen molar-refractivity contribution in [1.29, 1.82) is 0 Å². The van der Waals surface area contributed by atoms with E-state index >= 15 is 0 Å². The Balaban J connectivity index is 1.82. The van der Waals surface area contributed by atoms with Crippen LogP contribution in [0.15, 0.2) is 42.5 Å². The van der Waals surface area contributed by atoms with Gasteiger partial charge in [0.25, 0.3) is 11.8 Å². The van der Waals surface area contributed by atoms with E-state index in [2.05, 4.69) is 33.4 Å². The number of amides is 2. The van der Waals surface area contributed by atoms with Crippen LogP contribution >= 0.6 is 45.8 Å². The quantitative estimate of drug-likeness (QED) is 0.538. The number of hydrazine groups is 1. The van der Waals surface area contributed by atoms with Crippen LogP contribution in [0.5, 0.6) is 5.75 Å². The van der Waals surface area contributed by atoms with Crippen molar-refractivity contribution in [3.8, 4) is 5.75 Å². The molecule has 8 heteroatoms. The molecule has 23 heavy (non-hydrogen) atoms. The minimum Gasteiger partial charge on any atom is -0.482 e. The number of nitrogens with one attached hydrogen (secondary N) is 2. The number of hydrogen-bond donors (Lipinski definition) is 2. The van der Waals surface area contributed by atoms with E-state index in [4.69, 9.17) is 27.9 Å². The van der Waals surface area contributed by atoms with E-state index in [1.807, 2.05) is 6.07 Å². The fourth-order valence-corrected chi connectivity index (χ4v) is 2.61. The van der Waals surface area contributed by atoms with Gasteiger partial charge < -0.3 is 4.74 Å². The largest absolute Gasteiger partial charge is 0.482 e. The zero-order valence-corrected chi connectivity index (χ0v) is 15.3. The van der Waals surface area contributed by atoms with E-state index in [-0.39, 0.29) is 6.61 Å². The summed E-state index contributed by atoms with van der Waals surface area (Å²) in [6.07, 6.45) is 0. The summed E-state index contributed by atoms with van der Waals surface area (Å²) in [7, 11) is 0. The van der Waals surface area contributed by atoms with E-state index in [0.29, 0.717) is 21.4 Å². The molecule has 0 heterocycles. The van der Waals surface area contributed by atoms with Gasteiger partial charge in [-0.05, 0) is 59.0 Å². The fraction of sp³-hybridized carbons (Fsp3) is 0.0667. The molecule has 2 rings (SSSR count). The number of rotatable bonds is 4. The molecule has 0 unspecified atom stereocenters. The second kappa shape index (κ2) is 8.37. The molecule has 0 aliphatic carbocycles. The zero-order valence-electron chi connectivity index (χ0n) is 11.6. The number of hydrogen-bond acceptors (Lipinski definition) is 3. The van der Waals surface area contributed by atoms with Crippen molar-refractivity contribution in [1.82, 2.24) is 10.9 Å². The van der Waals surface area contributed by atoms with Gasteiger partial charge in [0.05, 0.1) is 5.02 Å². The summed E-state index contributed by atoms with van der Waals surface area (Å²) in [6.45, 7) is -0.298. The summed E-state index contributed by atoms with van der Waals surface area (Å²) in [4.78, 5) is 23.5. The summed E-state index contributed by atoms with van der Waals surface area (Å²) >= 11 is 13.8. The number of carbonyl (C=O) groups is 2. The Morgan fingerprint density at radius 3 is 2.57 bits per heavy atom. The Morgan fingerprint density at radius 2 is 1.87 bits per heavy atom. The first-order valence-corrected chi connectivity index (χ1v) is 8.22. The van der Waals surface area contributed by atoms with E-state index in [0.717, 1.165) is 3.57 Å². The summed E-state index contributed by atoms with van der Waals surface area (Å²) in [5, 5.41) is 0.768. The molecule has 0 fully saturated rings. The predicted octanol–water partition coefficient (Wildman–Crippen LogP) is 3.44. The zero-order chi connectivity index (χ0) is 16.8. The summed E-state index contributed by atoms with van der Waals surface area (Å²) in [5.74, 6) is -0.605. The Bertz CT molecular complexity index is 740. The molecule has 2 amide bonds. The lowest BCUT2D eigenvalue weighted by Gasteiger charge is -2.10. The van der Waals surface area contributed by atoms with Gasteiger partial charge in [-0.3, -0.25) is 20.4 Å². The van der Waals surface area contributed by atoms with Crippen molar-refractivity contribution in [2.75, 3.05) is 6.61 Å². The molecule has 0 bridgehead atoms. The maximum absolute atomic E-state index is 11.9. The van der Waals surface area contributed by atoms with Crippen LogP contribution in [0.1, 0.15) is 10.4 Å². The van der Waals surface area contributed by atoms with Gasteiger partial charge in [-0.15, -0.1) is 0 Å². The van der Waals surface area contributed by atoms with Crippen LogP contribution in [0.2, 0.25) is 10.0 Å². The first-order chi connectivity index (χ1) is 11.0. The molecule has 0 aromatic heterocycles. The average Bonchev–Trinajstić information content (AvgIpc) is 2.51. The lowest BCUT2D eigenvalue weighted by atomic mass is 10.2. The average molecular weight is 465 g/mol. The van der Waals surface area contributed by atoms with Crippen LogP contribution < -0.4 is 15.6 Å². The molecule has 0 aliphatic heterocycles. The third kappa shape index (κ3) is 5.56. The van der Waals surface area contributed by atoms with Crippen LogP contribution in [-0.2, 0) is 4.79 Å². The van der Waals surface area contributed by atoms with Crippen LogP contribution in [0.4, 0.5) is 0 Å². The van der Waals surface area contributed by atoms with Gasteiger partial charge in [0, 0.05) is 14.2 Å². The second-order valence-electron chi connectivity index (χ2n) is 4.38. The van der Waals surface area contributed by atoms with Gasteiger partial charge in [-0.1, -0.05) is 29.3 Å². The molecule has 0 spiro atoms. The topological polar surface area (TPSA) is 67.4 Å². The number of carbonyl (C=O) groups excluding carboxylic acids is 2. The number of benzene rings is 2. The summed E-state index contributed by atoms with van der Waals surface area (Å²) in [6, 6.07) is 11.6. The molecular formula is C15H11Cl2IN2O3. The molecule has 0 aliphatic rings. The molecule has 0 radical (unpaired) electrons. The third-order valence-corrected chi connectivity index (χ3v) is 3.86. The van der Waals surface area contributed by atoms with Gasteiger partial charge in [0.1, 0.15) is 5.75 Å². The van der Waals surface area contributed by atoms with Crippen molar-refractivity contribution in [2.24, 2.45) is 0 Å². The SMILES string of the molecule is O=C(COc1ccc(Cl)cc1Cl)NNC(=O)c1cccc(I)c1. The highest BCUT2D eigenvalue weighted by atomic mass is 127. The van der Waals surface area contributed by atoms with E-state index in [1.165, 1.54) is 6.07 Å². The van der Waals surface area contributed by atoms with Crippen LogP contribution in [0, 0.1) is 3.57 Å². The maximum Gasteiger partial charge on any atom is 0.276 e. The Labute approximate surface area is 156 Å². The maximum atomic E-state index is 11.9. The van der Waals surface area contributed by atoms with Crippen LogP contribution in [0.25, 0.3) is 0 Å². The van der Waals surface area contributed by atoms with Crippen LogP contribution in [0.3, 0.4) is 0 Å². The Kier molecular flexibility index (Phi) is 6.49. The Morgan fingerprint density at radius 1 is 1.09 bits per heavy atom. The van der Waals surface area contributed by atoms with E-state index in [1.54, 1.807) is 30.3 Å². The lowest BCUT2D eigenvalue weighted by molar-refractivity contribution is -0.123. The monoisotopic (exact) mass is 464 g/mol. The molecule has 0 atom stereocenters. The molecule has 120 valence electrons. The van der Waals surface area contributed by atoms with Crippen molar-refractivity contribution in [3.63, 3.8) is 0 Å². The number of ether oxygens (including phenoxy) is 1. The van der Waals surface area contributed by atoms with Gasteiger partial charge >= 0.3 is 0 Å². The summed E-state index contributed by atoms with van der Waals surface area (Å²) in [5.41, 5.74) is 5.02. The normalized spacial score (nSPS) is 10.0. The molecule has 2 aromatic rings. The molecule has 2 aromatic carbocycles. The third-order valence-electron chi connectivity index (χ3n) is 2.65. The molecule has 0 saturated heterocycles. The highest BCUT2D eigenvalue weighted by Crippen LogP contribution is 2.27. The van der Waals surface area contributed by atoms with Gasteiger partial charge in [-0.25, -0.2) is 0 Å². The van der Waals surface area contributed by atoms with Crippen molar-refractivity contribution in [3.05, 3.63) is 61.6 Å². The van der Waals surface area contributed by atoms with Crippen LogP contribution in [-0.4, -0.2) is 18.4 Å². The van der Waals surface area contributed by atoms with Crippen molar-refractivity contribution in [2.45, 2.75) is 0 Å². The standard InChI is InChI=1S/C15H11Cl2IN2O3/c16-10-4-5-13(12(17)7-10)23-8-14(21)19-20-15(22)9-2-1-3-11(18)6-9/h1-7H,8H2,(H,19,21)(H,20,22). The fourth-order valence-electron chi connectivity index (χ4n) is 1.60. The second-order valence-corrected chi connectivity index (χ2v) is 6.47. The first kappa shape index (κ1) is 17.8. The summed E-state index contributed by atoms with van der Waals surface area (Å²) < 4.78 is 6.17. The molecule has 2 N–H and O–H groups in total. The lowest BCUT2D eigenvalue weighted by Crippen LogP contribution is -2.43. The van der Waals surface area contributed by atoms with E-state index < -0.39 is 11.8 Å². The minimum atomic E-state index is -0.519. The van der Waals surface area contributed by atoms with Crippen molar-refractivity contribution >= 4 is 57.6 Å². The van der Waals surface area contributed by atoms with Gasteiger partial charge in [0.2, 0.25) is 0 Å². The highest BCUT2D eigenvalue weighted by molar-refractivity contribution is 14.1. The highest BCUT2D eigenvalue weighted by Gasteiger charge is 2.09. The molecule has 5 nitrogen and oxygen atoms in total. The smallest absolute Gasteiger partial charge is 0.276 e. The molecular weight excluding hydrogens is 454 g/mol. The minimum absolute atomic E-state index is 0.298. The van der Waals surface area contributed by atoms with Gasteiger partial charge in [-0.2, -0.15) is 0 Å². The predicted molar refractivity (Wildman–Crippen MR) is 96.7 cm³/mol. The number of halogens is 3.